The van der Waals surface area contributed by atoms with E-state index in [1.54, 1.807) is 24.3 Å². The SMILES string of the molecule is Cc1cc(C)c(NC(=O)CNC(=O)COC(=O)c2ccc(OCC3CCCO3)cc2)c(C)c1. The van der Waals surface area contributed by atoms with Crippen LogP contribution in [0.2, 0.25) is 0 Å². The number of aryl methyl sites for hydroxylation is 3. The van der Waals surface area contributed by atoms with Crippen molar-refractivity contribution in [2.24, 2.45) is 0 Å². The highest BCUT2D eigenvalue weighted by atomic mass is 16.5. The van der Waals surface area contributed by atoms with Gasteiger partial charge in [-0.05, 0) is 69.0 Å². The van der Waals surface area contributed by atoms with Crippen LogP contribution in [-0.4, -0.2) is 50.3 Å². The van der Waals surface area contributed by atoms with Crippen molar-refractivity contribution in [2.75, 3.05) is 31.7 Å². The zero-order valence-corrected chi connectivity index (χ0v) is 19.2. The first-order chi connectivity index (χ1) is 15.8. The normalized spacial score (nSPS) is 15.1. The smallest absolute Gasteiger partial charge is 0.338 e. The van der Waals surface area contributed by atoms with Gasteiger partial charge in [0.25, 0.3) is 5.91 Å². The molecule has 1 atom stereocenters. The third-order valence-corrected chi connectivity index (χ3v) is 5.27. The van der Waals surface area contributed by atoms with Crippen LogP contribution in [0.4, 0.5) is 5.69 Å². The molecule has 2 aromatic carbocycles. The lowest BCUT2D eigenvalue weighted by Crippen LogP contribution is -2.35. The monoisotopic (exact) mass is 454 g/mol. The molecule has 1 heterocycles. The van der Waals surface area contributed by atoms with E-state index in [0.29, 0.717) is 17.9 Å². The highest BCUT2D eigenvalue weighted by Gasteiger charge is 2.16. The Kier molecular flexibility index (Phi) is 8.43. The third-order valence-electron chi connectivity index (χ3n) is 5.27. The summed E-state index contributed by atoms with van der Waals surface area (Å²) < 4.78 is 16.2. The van der Waals surface area contributed by atoms with Crippen LogP contribution < -0.4 is 15.4 Å². The molecule has 3 rings (SSSR count). The van der Waals surface area contributed by atoms with Crippen molar-refractivity contribution in [3.05, 3.63) is 58.7 Å². The van der Waals surface area contributed by atoms with E-state index in [4.69, 9.17) is 14.2 Å². The van der Waals surface area contributed by atoms with Gasteiger partial charge < -0.3 is 24.8 Å². The molecule has 1 aliphatic rings. The molecule has 2 aromatic rings. The van der Waals surface area contributed by atoms with Gasteiger partial charge in [-0.1, -0.05) is 17.7 Å². The Bertz CT molecular complexity index is 973. The molecule has 1 fully saturated rings. The Hall–Kier alpha value is -3.39. The average Bonchev–Trinajstić information content (AvgIpc) is 3.31. The van der Waals surface area contributed by atoms with E-state index in [1.807, 2.05) is 32.9 Å². The van der Waals surface area contributed by atoms with Crippen LogP contribution >= 0.6 is 0 Å². The number of amides is 2. The summed E-state index contributed by atoms with van der Waals surface area (Å²) in [6, 6.07) is 10.4. The van der Waals surface area contributed by atoms with Crippen LogP contribution in [0.1, 0.15) is 39.9 Å². The van der Waals surface area contributed by atoms with Crippen LogP contribution in [0.15, 0.2) is 36.4 Å². The zero-order valence-electron chi connectivity index (χ0n) is 19.2. The fourth-order valence-electron chi connectivity index (χ4n) is 3.66. The number of benzene rings is 2. The van der Waals surface area contributed by atoms with E-state index in [-0.39, 0.29) is 18.6 Å². The van der Waals surface area contributed by atoms with Gasteiger partial charge in [-0.25, -0.2) is 4.79 Å². The maximum absolute atomic E-state index is 12.2. The molecule has 0 radical (unpaired) electrons. The van der Waals surface area contributed by atoms with Crippen molar-refractivity contribution in [2.45, 2.75) is 39.7 Å². The highest BCUT2D eigenvalue weighted by molar-refractivity contribution is 5.96. The van der Waals surface area contributed by atoms with Gasteiger partial charge in [0.1, 0.15) is 12.4 Å². The molecule has 1 unspecified atom stereocenters. The number of hydrogen-bond acceptors (Lipinski definition) is 6. The molecular formula is C25H30N2O6. The summed E-state index contributed by atoms with van der Waals surface area (Å²) in [5.41, 5.74) is 4.04. The molecule has 0 aliphatic carbocycles. The standard InChI is InChI=1S/C25H30N2O6/c1-16-11-17(2)24(18(3)12-16)27-22(28)13-26-23(29)15-33-25(30)19-6-8-20(9-7-19)32-14-21-5-4-10-31-21/h6-9,11-12,21H,4-5,10,13-15H2,1-3H3,(H,26,29)(H,27,28). The summed E-state index contributed by atoms with van der Waals surface area (Å²) in [6.07, 6.45) is 2.14. The second-order valence-electron chi connectivity index (χ2n) is 8.15. The van der Waals surface area contributed by atoms with E-state index >= 15 is 0 Å². The average molecular weight is 455 g/mol. The minimum Gasteiger partial charge on any atom is -0.491 e. The van der Waals surface area contributed by atoms with Crippen molar-refractivity contribution in [3.63, 3.8) is 0 Å². The molecule has 0 aromatic heterocycles. The Morgan fingerprint density at radius 2 is 1.73 bits per heavy atom. The number of anilines is 1. The van der Waals surface area contributed by atoms with Gasteiger partial charge >= 0.3 is 5.97 Å². The van der Waals surface area contributed by atoms with Crippen molar-refractivity contribution in [1.82, 2.24) is 5.32 Å². The van der Waals surface area contributed by atoms with Crippen LogP contribution in [-0.2, 0) is 19.1 Å². The van der Waals surface area contributed by atoms with E-state index in [1.165, 1.54) is 0 Å². The number of ether oxygens (including phenoxy) is 3. The molecule has 33 heavy (non-hydrogen) atoms. The Balaban J connectivity index is 1.38. The minimum absolute atomic E-state index is 0.111. The van der Waals surface area contributed by atoms with Gasteiger partial charge in [-0.3, -0.25) is 9.59 Å². The van der Waals surface area contributed by atoms with E-state index in [0.717, 1.165) is 41.8 Å². The fourth-order valence-corrected chi connectivity index (χ4v) is 3.66. The number of hydrogen-bond donors (Lipinski definition) is 2. The molecule has 0 saturated carbocycles. The number of rotatable bonds is 9. The number of nitrogens with one attached hydrogen (secondary N) is 2. The predicted octanol–water partition coefficient (Wildman–Crippen LogP) is 3.08. The van der Waals surface area contributed by atoms with Crippen molar-refractivity contribution in [3.8, 4) is 5.75 Å². The zero-order chi connectivity index (χ0) is 23.8. The van der Waals surface area contributed by atoms with Gasteiger partial charge in [0, 0.05) is 12.3 Å². The first kappa shape index (κ1) is 24.3. The van der Waals surface area contributed by atoms with Gasteiger partial charge in [-0.15, -0.1) is 0 Å². The van der Waals surface area contributed by atoms with Crippen LogP contribution in [0.5, 0.6) is 5.75 Å². The molecule has 1 aliphatic heterocycles. The number of carbonyl (C=O) groups is 3. The third kappa shape index (κ3) is 7.32. The Labute approximate surface area is 193 Å². The van der Waals surface area contributed by atoms with E-state index in [9.17, 15) is 14.4 Å². The van der Waals surface area contributed by atoms with Gasteiger partial charge in [-0.2, -0.15) is 0 Å². The van der Waals surface area contributed by atoms with Crippen LogP contribution in [0, 0.1) is 20.8 Å². The van der Waals surface area contributed by atoms with Crippen molar-refractivity contribution < 1.29 is 28.6 Å². The molecule has 1 saturated heterocycles. The summed E-state index contributed by atoms with van der Waals surface area (Å²) in [6.45, 7) is 6.35. The van der Waals surface area contributed by atoms with Crippen molar-refractivity contribution >= 4 is 23.5 Å². The van der Waals surface area contributed by atoms with Crippen LogP contribution in [0.3, 0.4) is 0 Å². The summed E-state index contributed by atoms with van der Waals surface area (Å²) in [5, 5.41) is 5.26. The molecule has 2 amide bonds. The summed E-state index contributed by atoms with van der Waals surface area (Å²) >= 11 is 0. The predicted molar refractivity (Wildman–Crippen MR) is 123 cm³/mol. The van der Waals surface area contributed by atoms with E-state index in [2.05, 4.69) is 10.6 Å². The second kappa shape index (κ2) is 11.5. The molecule has 2 N–H and O–H groups in total. The van der Waals surface area contributed by atoms with Gasteiger partial charge in [0.05, 0.1) is 18.2 Å². The summed E-state index contributed by atoms with van der Waals surface area (Å²) in [4.78, 5) is 36.3. The number of esters is 1. The molecular weight excluding hydrogens is 424 g/mol. The van der Waals surface area contributed by atoms with Crippen molar-refractivity contribution in [1.29, 1.82) is 0 Å². The molecule has 0 bridgehead atoms. The Morgan fingerprint density at radius 3 is 2.36 bits per heavy atom. The van der Waals surface area contributed by atoms with Gasteiger partial charge in [0.2, 0.25) is 5.91 Å². The maximum Gasteiger partial charge on any atom is 0.338 e. The molecule has 0 spiro atoms. The molecule has 8 nitrogen and oxygen atoms in total. The summed E-state index contributed by atoms with van der Waals surface area (Å²) in [7, 11) is 0. The largest absolute Gasteiger partial charge is 0.491 e. The molecule has 8 heteroatoms. The minimum atomic E-state index is -0.633. The summed E-state index contributed by atoms with van der Waals surface area (Å²) in [5.74, 6) is -0.924. The maximum atomic E-state index is 12.2. The lowest BCUT2D eigenvalue weighted by molar-refractivity contribution is -0.126. The first-order valence-corrected chi connectivity index (χ1v) is 11.0. The Morgan fingerprint density at radius 1 is 1.03 bits per heavy atom. The lowest BCUT2D eigenvalue weighted by atomic mass is 10.1. The van der Waals surface area contributed by atoms with Crippen LogP contribution in [0.25, 0.3) is 0 Å². The van der Waals surface area contributed by atoms with E-state index < -0.39 is 18.5 Å². The fraction of sp³-hybridized carbons (Fsp3) is 0.400. The lowest BCUT2D eigenvalue weighted by Gasteiger charge is -2.13. The second-order valence-corrected chi connectivity index (χ2v) is 8.15. The number of carbonyl (C=O) groups excluding carboxylic acids is 3. The molecule has 176 valence electrons. The quantitative estimate of drug-likeness (QED) is 0.565. The first-order valence-electron chi connectivity index (χ1n) is 11.0. The van der Waals surface area contributed by atoms with Gasteiger partial charge in [0.15, 0.2) is 6.61 Å². The topological polar surface area (TPSA) is 103 Å². The highest BCUT2D eigenvalue weighted by Crippen LogP contribution is 2.21.